The molecule has 0 bridgehead atoms. The number of hydrogen-bond donors (Lipinski definition) is 2. The number of primary amides is 1. The van der Waals surface area contributed by atoms with Crippen molar-refractivity contribution in [3.63, 3.8) is 0 Å². The molecule has 3 N–H and O–H groups in total. The molecule has 36 heavy (non-hydrogen) atoms. The summed E-state index contributed by atoms with van der Waals surface area (Å²) in [6.07, 6.45) is 6.97. The van der Waals surface area contributed by atoms with Crippen molar-refractivity contribution in [3.05, 3.63) is 78.6 Å². The molecule has 9 heteroatoms. The number of carbonyl (C=O) groups is 1. The van der Waals surface area contributed by atoms with Crippen molar-refractivity contribution in [3.8, 4) is 39.5 Å². The van der Waals surface area contributed by atoms with Crippen molar-refractivity contribution in [2.45, 2.75) is 12.8 Å². The molecule has 0 saturated carbocycles. The number of nitrogens with zero attached hydrogens (tertiary/aromatic N) is 2. The van der Waals surface area contributed by atoms with E-state index >= 15 is 0 Å². The molecule has 0 aliphatic carbocycles. The van der Waals surface area contributed by atoms with Crippen LogP contribution in [0.25, 0.3) is 33.6 Å². The molecule has 2 aromatic carbocycles. The molecule has 5 rings (SSSR count). The van der Waals surface area contributed by atoms with E-state index in [4.69, 9.17) is 19.9 Å². The van der Waals surface area contributed by atoms with Crippen LogP contribution in [0.15, 0.2) is 71.7 Å². The van der Waals surface area contributed by atoms with E-state index in [1.807, 2.05) is 30.3 Å². The maximum atomic E-state index is 14.5. The van der Waals surface area contributed by atoms with Gasteiger partial charge in [-0.3, -0.25) is 4.79 Å². The maximum Gasteiger partial charge on any atom is 0.251 e. The molecular weight excluding hydrogens is 483 g/mol. The van der Waals surface area contributed by atoms with E-state index in [0.29, 0.717) is 35.4 Å². The molecule has 1 aliphatic rings. The quantitative estimate of drug-likeness (QED) is 0.359. The van der Waals surface area contributed by atoms with Crippen LogP contribution in [0.4, 0.5) is 4.39 Å². The number of halogens is 2. The Morgan fingerprint density at radius 1 is 1.03 bits per heavy atom. The second-order valence-electron chi connectivity index (χ2n) is 8.56. The van der Waals surface area contributed by atoms with Gasteiger partial charge in [0.2, 0.25) is 5.88 Å². The van der Waals surface area contributed by atoms with Crippen LogP contribution in [-0.4, -0.2) is 35.6 Å². The van der Waals surface area contributed by atoms with E-state index in [0.717, 1.165) is 42.6 Å². The number of nitrogens with two attached hydrogens (primary N) is 1. The molecule has 0 spiro atoms. The van der Waals surface area contributed by atoms with Gasteiger partial charge >= 0.3 is 0 Å². The largest absolute Gasteiger partial charge is 0.476 e. The van der Waals surface area contributed by atoms with Gasteiger partial charge in [0.15, 0.2) is 0 Å². The number of nitrogens with one attached hydrogen (secondary N) is 1. The molecular formula is C27H26ClFN4O3. The van der Waals surface area contributed by atoms with Crippen LogP contribution in [0.3, 0.4) is 0 Å². The maximum absolute atomic E-state index is 14.5. The molecule has 1 fully saturated rings. The first kappa shape index (κ1) is 25.3. The number of furan rings is 1. The summed E-state index contributed by atoms with van der Waals surface area (Å²) >= 11 is 0. The van der Waals surface area contributed by atoms with Crippen LogP contribution in [-0.2, 0) is 0 Å². The Morgan fingerprint density at radius 3 is 2.42 bits per heavy atom. The van der Waals surface area contributed by atoms with Crippen molar-refractivity contribution in [2.24, 2.45) is 11.7 Å². The topological polar surface area (TPSA) is 103 Å². The van der Waals surface area contributed by atoms with Crippen molar-refractivity contribution >= 4 is 18.3 Å². The van der Waals surface area contributed by atoms with Gasteiger partial charge in [-0.15, -0.1) is 12.4 Å². The lowest BCUT2D eigenvalue weighted by Gasteiger charge is -2.22. The Hall–Kier alpha value is -3.75. The molecule has 3 heterocycles. The number of carbonyl (C=O) groups excluding carboxylic acids is 1. The van der Waals surface area contributed by atoms with Gasteiger partial charge in [0.05, 0.1) is 36.6 Å². The summed E-state index contributed by atoms with van der Waals surface area (Å²) in [5.41, 5.74) is 9.36. The second-order valence-corrected chi connectivity index (χ2v) is 8.56. The van der Waals surface area contributed by atoms with Crippen LogP contribution in [0.5, 0.6) is 5.88 Å². The number of hydrogen-bond acceptors (Lipinski definition) is 6. The van der Waals surface area contributed by atoms with Crippen molar-refractivity contribution < 1.29 is 18.3 Å². The van der Waals surface area contributed by atoms with Crippen molar-refractivity contribution in [1.29, 1.82) is 0 Å². The highest BCUT2D eigenvalue weighted by molar-refractivity contribution is 5.94. The van der Waals surface area contributed by atoms with E-state index in [1.54, 1.807) is 24.8 Å². The Morgan fingerprint density at radius 2 is 1.75 bits per heavy atom. The smallest absolute Gasteiger partial charge is 0.251 e. The SMILES string of the molecule is Cl.NC(=O)c1ccc(-c2ncc(OCC3CCNCC3)nc2-c2ccc(-c3ccoc3)cc2)cc1F. The monoisotopic (exact) mass is 508 g/mol. The lowest BCUT2D eigenvalue weighted by molar-refractivity contribution is 0.0996. The Kier molecular flexibility index (Phi) is 7.97. The highest BCUT2D eigenvalue weighted by Gasteiger charge is 2.18. The zero-order valence-electron chi connectivity index (χ0n) is 19.4. The summed E-state index contributed by atoms with van der Waals surface area (Å²) in [5.74, 6) is -0.651. The first-order chi connectivity index (χ1) is 17.1. The van der Waals surface area contributed by atoms with Crippen LogP contribution < -0.4 is 15.8 Å². The minimum Gasteiger partial charge on any atom is -0.476 e. The van der Waals surface area contributed by atoms with Gasteiger partial charge in [-0.25, -0.2) is 14.4 Å². The predicted octanol–water partition coefficient (Wildman–Crippen LogP) is 5.11. The van der Waals surface area contributed by atoms with E-state index in [1.165, 1.54) is 12.1 Å². The first-order valence-corrected chi connectivity index (χ1v) is 11.5. The standard InChI is InChI=1S/C27H25FN4O3.ClH/c28-23-13-20(5-6-22(23)27(29)33)25-26(19-3-1-18(2-4-19)21-9-12-34-16-21)32-24(14-31-25)35-15-17-7-10-30-11-8-17;/h1-6,9,12-14,16-17,30H,7-8,10-11,15H2,(H2,29,33);1H. The predicted molar refractivity (Wildman–Crippen MR) is 137 cm³/mol. The highest BCUT2D eigenvalue weighted by atomic mass is 35.5. The third kappa shape index (κ3) is 5.56. The highest BCUT2D eigenvalue weighted by Crippen LogP contribution is 2.33. The molecule has 0 atom stereocenters. The fourth-order valence-corrected chi connectivity index (χ4v) is 4.22. The summed E-state index contributed by atoms with van der Waals surface area (Å²) < 4.78 is 25.7. The first-order valence-electron chi connectivity index (χ1n) is 11.5. The Labute approximate surface area is 214 Å². The molecule has 1 amide bonds. The van der Waals surface area contributed by atoms with Gasteiger partial charge in [-0.2, -0.15) is 0 Å². The number of piperidine rings is 1. The summed E-state index contributed by atoms with van der Waals surface area (Å²) in [6.45, 7) is 2.54. The Balaban J connectivity index is 0.00000304. The van der Waals surface area contributed by atoms with Gasteiger partial charge in [-0.05, 0) is 55.6 Å². The van der Waals surface area contributed by atoms with Gasteiger partial charge in [0.1, 0.15) is 11.5 Å². The molecule has 7 nitrogen and oxygen atoms in total. The average molecular weight is 509 g/mol. The van der Waals surface area contributed by atoms with Crippen molar-refractivity contribution in [2.75, 3.05) is 19.7 Å². The summed E-state index contributed by atoms with van der Waals surface area (Å²) in [6, 6.07) is 13.9. The van der Waals surface area contributed by atoms with Gasteiger partial charge in [0.25, 0.3) is 5.91 Å². The number of benzene rings is 2. The van der Waals surface area contributed by atoms with Gasteiger partial charge < -0.3 is 20.2 Å². The van der Waals surface area contributed by atoms with Crippen LogP contribution in [0.1, 0.15) is 23.2 Å². The fourth-order valence-electron chi connectivity index (χ4n) is 4.22. The van der Waals surface area contributed by atoms with Crippen LogP contribution in [0.2, 0.25) is 0 Å². The number of aromatic nitrogens is 2. The van der Waals surface area contributed by atoms with Crippen molar-refractivity contribution in [1.82, 2.24) is 15.3 Å². The lowest BCUT2D eigenvalue weighted by Crippen LogP contribution is -2.30. The fraction of sp³-hybridized carbons (Fsp3) is 0.222. The molecule has 1 aliphatic heterocycles. The van der Waals surface area contributed by atoms with E-state index in [2.05, 4.69) is 10.3 Å². The van der Waals surface area contributed by atoms with E-state index in [-0.39, 0.29) is 18.0 Å². The molecule has 0 radical (unpaired) electrons. The minimum atomic E-state index is -0.822. The number of ether oxygens (including phenoxy) is 1. The van der Waals surface area contributed by atoms with E-state index < -0.39 is 11.7 Å². The van der Waals surface area contributed by atoms with Crippen LogP contribution in [0, 0.1) is 11.7 Å². The summed E-state index contributed by atoms with van der Waals surface area (Å²) in [5, 5.41) is 3.35. The molecule has 0 unspecified atom stereocenters. The summed E-state index contributed by atoms with van der Waals surface area (Å²) in [7, 11) is 0. The summed E-state index contributed by atoms with van der Waals surface area (Å²) in [4.78, 5) is 20.8. The molecule has 4 aromatic rings. The normalized spacial score (nSPS) is 13.7. The third-order valence-electron chi connectivity index (χ3n) is 6.20. The second kappa shape index (κ2) is 11.3. The lowest BCUT2D eigenvalue weighted by atomic mass is 9.99. The zero-order chi connectivity index (χ0) is 24.2. The minimum absolute atomic E-state index is 0. The molecule has 186 valence electrons. The Bertz CT molecular complexity index is 1320. The van der Waals surface area contributed by atoms with Gasteiger partial charge in [0, 0.05) is 16.7 Å². The third-order valence-corrected chi connectivity index (χ3v) is 6.20. The number of rotatable bonds is 7. The molecule has 2 aromatic heterocycles. The zero-order valence-corrected chi connectivity index (χ0v) is 20.3. The van der Waals surface area contributed by atoms with Crippen LogP contribution >= 0.6 is 12.4 Å². The van der Waals surface area contributed by atoms with Gasteiger partial charge in [-0.1, -0.05) is 30.3 Å². The molecule has 1 saturated heterocycles. The van der Waals surface area contributed by atoms with E-state index in [9.17, 15) is 9.18 Å². The average Bonchev–Trinajstić information content (AvgIpc) is 3.43. The number of amides is 1.